The van der Waals surface area contributed by atoms with E-state index in [2.05, 4.69) is 43.4 Å². The van der Waals surface area contributed by atoms with Crippen LogP contribution in [0.5, 0.6) is 0 Å². The van der Waals surface area contributed by atoms with Crippen LogP contribution in [-0.4, -0.2) is 22.3 Å². The summed E-state index contributed by atoms with van der Waals surface area (Å²) in [5.74, 6) is 0. The maximum atomic E-state index is 11.6. The number of hydrogen-bond donors (Lipinski definition) is 1. The summed E-state index contributed by atoms with van der Waals surface area (Å²) in [4.78, 5) is 0. The second-order valence-corrected chi connectivity index (χ2v) is 6.07. The van der Waals surface area contributed by atoms with Crippen molar-refractivity contribution in [1.29, 1.82) is 0 Å². The summed E-state index contributed by atoms with van der Waals surface area (Å²) >= 11 is 0. The van der Waals surface area contributed by atoms with Crippen molar-refractivity contribution >= 4 is 10.8 Å². The van der Waals surface area contributed by atoms with E-state index in [-0.39, 0.29) is 11.3 Å². The van der Waals surface area contributed by atoms with E-state index in [0.717, 1.165) is 13.0 Å². The number of aryl methyl sites for hydroxylation is 1. The summed E-state index contributed by atoms with van der Waals surface area (Å²) in [6, 6.07) is 8.79. The van der Waals surface area contributed by atoms with Crippen LogP contribution in [0, 0.1) is 0 Å². The molecule has 1 aromatic rings. The van der Waals surface area contributed by atoms with Crippen LogP contribution >= 0.6 is 0 Å². The van der Waals surface area contributed by atoms with Crippen LogP contribution in [0.2, 0.25) is 0 Å². The fourth-order valence-electron chi connectivity index (χ4n) is 1.93. The van der Waals surface area contributed by atoms with E-state index in [1.54, 1.807) is 6.26 Å². The first-order chi connectivity index (χ1) is 8.10. The standard InChI is InChI=1S/C14H23NOS/c1-5-12-7-9-13(10-8-12)14(15-6-2)11(3)17(4)16/h7-11,14-15H,5-6H2,1-4H3. The zero-order chi connectivity index (χ0) is 12.8. The molecule has 1 N–H and O–H groups in total. The topological polar surface area (TPSA) is 29.1 Å². The molecule has 0 aliphatic heterocycles. The maximum Gasteiger partial charge on any atom is 0.0511 e. The van der Waals surface area contributed by atoms with Gasteiger partial charge in [0, 0.05) is 23.1 Å². The molecule has 17 heavy (non-hydrogen) atoms. The van der Waals surface area contributed by atoms with Gasteiger partial charge in [-0.1, -0.05) is 38.1 Å². The molecule has 2 nitrogen and oxygen atoms in total. The van der Waals surface area contributed by atoms with Crippen LogP contribution in [0.4, 0.5) is 0 Å². The first-order valence-corrected chi connectivity index (χ1v) is 7.86. The molecule has 0 aliphatic carbocycles. The maximum absolute atomic E-state index is 11.6. The lowest BCUT2D eigenvalue weighted by Crippen LogP contribution is -2.32. The molecule has 0 saturated heterocycles. The first kappa shape index (κ1) is 14.4. The summed E-state index contributed by atoms with van der Waals surface area (Å²) in [7, 11) is -0.812. The van der Waals surface area contributed by atoms with Crippen molar-refractivity contribution in [2.24, 2.45) is 0 Å². The number of rotatable bonds is 6. The minimum atomic E-state index is -0.812. The molecule has 0 saturated carbocycles. The molecule has 0 aromatic heterocycles. The fourth-order valence-corrected chi connectivity index (χ4v) is 2.56. The van der Waals surface area contributed by atoms with E-state index in [4.69, 9.17) is 0 Å². The fraction of sp³-hybridized carbons (Fsp3) is 0.571. The molecule has 0 heterocycles. The molecule has 0 amide bonds. The Bertz CT molecular complexity index is 361. The van der Waals surface area contributed by atoms with E-state index in [1.807, 2.05) is 6.92 Å². The number of benzene rings is 1. The van der Waals surface area contributed by atoms with Crippen molar-refractivity contribution in [3.05, 3.63) is 35.4 Å². The Balaban J connectivity index is 2.92. The predicted octanol–water partition coefficient (Wildman–Crippen LogP) is 2.67. The number of nitrogens with one attached hydrogen (secondary N) is 1. The van der Waals surface area contributed by atoms with Crippen molar-refractivity contribution in [2.75, 3.05) is 12.8 Å². The van der Waals surface area contributed by atoms with Crippen LogP contribution in [-0.2, 0) is 17.2 Å². The van der Waals surface area contributed by atoms with Gasteiger partial charge in [0.15, 0.2) is 0 Å². The van der Waals surface area contributed by atoms with Crippen molar-refractivity contribution in [2.45, 2.75) is 38.5 Å². The summed E-state index contributed by atoms with van der Waals surface area (Å²) in [5, 5.41) is 3.55. The Kier molecular flexibility index (Phi) is 5.86. The van der Waals surface area contributed by atoms with Crippen LogP contribution in [0.25, 0.3) is 0 Å². The van der Waals surface area contributed by atoms with Gasteiger partial charge in [-0.15, -0.1) is 0 Å². The van der Waals surface area contributed by atoms with Gasteiger partial charge in [-0.05, 0) is 31.0 Å². The van der Waals surface area contributed by atoms with E-state index < -0.39 is 10.8 Å². The molecule has 1 aromatic carbocycles. The minimum absolute atomic E-state index is 0.127. The zero-order valence-corrected chi connectivity index (χ0v) is 12.0. The molecule has 3 atom stereocenters. The van der Waals surface area contributed by atoms with E-state index >= 15 is 0 Å². The Morgan fingerprint density at radius 2 is 1.82 bits per heavy atom. The highest BCUT2D eigenvalue weighted by Crippen LogP contribution is 2.20. The lowest BCUT2D eigenvalue weighted by Gasteiger charge is -2.23. The molecule has 96 valence electrons. The summed E-state index contributed by atoms with van der Waals surface area (Å²) < 4.78 is 11.6. The van der Waals surface area contributed by atoms with Gasteiger partial charge in [0.05, 0.1) is 5.25 Å². The third-order valence-electron chi connectivity index (χ3n) is 3.16. The van der Waals surface area contributed by atoms with Gasteiger partial charge in [0.1, 0.15) is 0 Å². The summed E-state index contributed by atoms with van der Waals surface area (Å²) in [6.07, 6.45) is 2.83. The SMILES string of the molecule is CCNC(c1ccc(CC)cc1)C(C)S(C)=O. The molecule has 0 radical (unpaired) electrons. The van der Waals surface area contributed by atoms with Crippen LogP contribution in [0.1, 0.15) is 37.9 Å². The number of hydrogen-bond acceptors (Lipinski definition) is 2. The lowest BCUT2D eigenvalue weighted by atomic mass is 10.0. The van der Waals surface area contributed by atoms with E-state index in [0.29, 0.717) is 0 Å². The van der Waals surface area contributed by atoms with E-state index in [9.17, 15) is 4.21 Å². The predicted molar refractivity (Wildman–Crippen MR) is 75.8 cm³/mol. The van der Waals surface area contributed by atoms with Crippen LogP contribution < -0.4 is 5.32 Å². The second kappa shape index (κ2) is 6.92. The van der Waals surface area contributed by atoms with Gasteiger partial charge in [-0.3, -0.25) is 4.21 Å². The molecular formula is C14H23NOS. The van der Waals surface area contributed by atoms with Gasteiger partial charge in [0.2, 0.25) is 0 Å². The smallest absolute Gasteiger partial charge is 0.0511 e. The molecule has 3 heteroatoms. The normalized spacial score (nSPS) is 16.5. The van der Waals surface area contributed by atoms with Gasteiger partial charge in [-0.2, -0.15) is 0 Å². The molecule has 0 bridgehead atoms. The zero-order valence-electron chi connectivity index (χ0n) is 11.2. The Morgan fingerprint density at radius 3 is 2.24 bits per heavy atom. The molecule has 0 spiro atoms. The Labute approximate surface area is 107 Å². The van der Waals surface area contributed by atoms with Gasteiger partial charge < -0.3 is 5.32 Å². The van der Waals surface area contributed by atoms with Crippen molar-refractivity contribution in [3.8, 4) is 0 Å². The highest BCUT2D eigenvalue weighted by Gasteiger charge is 2.20. The summed E-state index contributed by atoms with van der Waals surface area (Å²) in [6.45, 7) is 7.16. The van der Waals surface area contributed by atoms with Crippen LogP contribution in [0.15, 0.2) is 24.3 Å². The lowest BCUT2D eigenvalue weighted by molar-refractivity contribution is 0.537. The van der Waals surface area contributed by atoms with E-state index in [1.165, 1.54) is 11.1 Å². The molecule has 0 fully saturated rings. The second-order valence-electron chi connectivity index (χ2n) is 4.33. The van der Waals surface area contributed by atoms with Crippen molar-refractivity contribution < 1.29 is 4.21 Å². The molecule has 0 aliphatic rings. The van der Waals surface area contributed by atoms with Gasteiger partial charge >= 0.3 is 0 Å². The quantitative estimate of drug-likeness (QED) is 0.844. The monoisotopic (exact) mass is 253 g/mol. The first-order valence-electron chi connectivity index (χ1n) is 6.24. The molecule has 3 unspecified atom stereocenters. The van der Waals surface area contributed by atoms with Crippen LogP contribution in [0.3, 0.4) is 0 Å². The largest absolute Gasteiger partial charge is 0.309 e. The highest BCUT2D eigenvalue weighted by atomic mass is 32.2. The summed E-state index contributed by atoms with van der Waals surface area (Å²) in [5.41, 5.74) is 2.57. The third kappa shape index (κ3) is 3.93. The average Bonchev–Trinajstić information content (AvgIpc) is 2.35. The average molecular weight is 253 g/mol. The third-order valence-corrected chi connectivity index (χ3v) is 4.48. The Morgan fingerprint density at radius 1 is 1.24 bits per heavy atom. The molecular weight excluding hydrogens is 230 g/mol. The molecule has 1 rings (SSSR count). The van der Waals surface area contributed by atoms with Gasteiger partial charge in [0.25, 0.3) is 0 Å². The van der Waals surface area contributed by atoms with Crippen molar-refractivity contribution in [1.82, 2.24) is 5.32 Å². The van der Waals surface area contributed by atoms with Crippen molar-refractivity contribution in [3.63, 3.8) is 0 Å². The van der Waals surface area contributed by atoms with Gasteiger partial charge in [-0.25, -0.2) is 0 Å². The highest BCUT2D eigenvalue weighted by molar-refractivity contribution is 7.84. The minimum Gasteiger partial charge on any atom is -0.309 e. The Hall–Kier alpha value is -0.670.